The molecule has 0 atom stereocenters. The van der Waals surface area contributed by atoms with E-state index in [1.165, 1.54) is 0 Å². The molecular formula is C30H28N6. The maximum atomic E-state index is 6.98. The van der Waals surface area contributed by atoms with E-state index in [1.54, 1.807) is 0 Å². The zero-order chi connectivity index (χ0) is 25.4. The molecule has 5 aromatic carbocycles. The van der Waals surface area contributed by atoms with Crippen molar-refractivity contribution < 1.29 is 0 Å². The van der Waals surface area contributed by atoms with E-state index >= 15 is 0 Å². The highest BCUT2D eigenvalue weighted by atomic mass is 14.7. The summed E-state index contributed by atoms with van der Waals surface area (Å²) in [5, 5.41) is 0. The van der Waals surface area contributed by atoms with Gasteiger partial charge in [-0.3, -0.25) is 0 Å². The minimum Gasteiger partial charge on any atom is -0.399 e. The van der Waals surface area contributed by atoms with Gasteiger partial charge in [0.2, 0.25) is 0 Å². The molecule has 0 unspecified atom stereocenters. The van der Waals surface area contributed by atoms with Gasteiger partial charge in [-0.15, -0.1) is 0 Å². The van der Waals surface area contributed by atoms with Crippen LogP contribution in [0, 0.1) is 0 Å². The number of hydrogen-bond donors (Lipinski definition) is 6. The molecule has 0 saturated carbocycles. The Hall–Kier alpha value is -5.10. The molecule has 12 N–H and O–H groups in total. The Morgan fingerprint density at radius 1 is 0.250 bits per heavy atom. The number of nitrogen functional groups attached to an aromatic ring is 6. The normalized spacial score (nSPS) is 10.9. The molecule has 0 aliphatic rings. The molecule has 6 heteroatoms. The van der Waals surface area contributed by atoms with Crippen LogP contribution >= 0.6 is 0 Å². The molecular weight excluding hydrogens is 444 g/mol. The summed E-state index contributed by atoms with van der Waals surface area (Å²) in [7, 11) is 0. The molecule has 36 heavy (non-hydrogen) atoms. The fourth-order valence-electron chi connectivity index (χ4n) is 4.59. The highest BCUT2D eigenvalue weighted by molar-refractivity contribution is 6.11. The van der Waals surface area contributed by atoms with E-state index in [4.69, 9.17) is 34.4 Å². The van der Waals surface area contributed by atoms with Crippen LogP contribution in [0.15, 0.2) is 97.1 Å². The fourth-order valence-corrected chi connectivity index (χ4v) is 4.59. The SMILES string of the molecule is Nc1ccc(-c2c(N)c(-c3ccc(N)cc3)c(-c3ccc(N)cc3)c(-c3ccc(N)cc3)c2N)cc1. The summed E-state index contributed by atoms with van der Waals surface area (Å²) in [6.07, 6.45) is 0. The van der Waals surface area contributed by atoms with Crippen molar-refractivity contribution in [3.8, 4) is 44.5 Å². The van der Waals surface area contributed by atoms with Crippen molar-refractivity contribution in [3.63, 3.8) is 0 Å². The fraction of sp³-hybridized carbons (Fsp3) is 0. The van der Waals surface area contributed by atoms with Gasteiger partial charge >= 0.3 is 0 Å². The standard InChI is InChI=1S/C30H28N6/c31-21-9-1-17(2-10-21)25-26(18-3-11-22(32)12-4-18)29(35)28(20-7-15-24(34)16-8-20)30(36)27(25)19-5-13-23(33)14-6-19/h1-16H,31-36H2. The highest BCUT2D eigenvalue weighted by Crippen LogP contribution is 2.52. The first kappa shape index (κ1) is 22.7. The zero-order valence-corrected chi connectivity index (χ0v) is 19.7. The zero-order valence-electron chi connectivity index (χ0n) is 19.7. The molecule has 0 radical (unpaired) electrons. The molecule has 0 spiro atoms. The van der Waals surface area contributed by atoms with Gasteiger partial charge in [-0.05, 0) is 70.8 Å². The van der Waals surface area contributed by atoms with Crippen molar-refractivity contribution in [1.29, 1.82) is 0 Å². The van der Waals surface area contributed by atoms with Gasteiger partial charge in [-0.25, -0.2) is 0 Å². The Balaban J connectivity index is 1.96. The van der Waals surface area contributed by atoms with Gasteiger partial charge in [-0.1, -0.05) is 48.5 Å². The number of rotatable bonds is 4. The van der Waals surface area contributed by atoms with Crippen LogP contribution in [0.3, 0.4) is 0 Å². The predicted molar refractivity (Wildman–Crippen MR) is 155 cm³/mol. The van der Waals surface area contributed by atoms with Crippen molar-refractivity contribution in [2.45, 2.75) is 0 Å². The van der Waals surface area contributed by atoms with Crippen molar-refractivity contribution in [2.24, 2.45) is 0 Å². The van der Waals surface area contributed by atoms with Gasteiger partial charge < -0.3 is 34.4 Å². The smallest absolute Gasteiger partial charge is 0.0501 e. The molecule has 0 heterocycles. The first-order valence-corrected chi connectivity index (χ1v) is 11.5. The van der Waals surface area contributed by atoms with E-state index in [9.17, 15) is 0 Å². The summed E-state index contributed by atoms with van der Waals surface area (Å²) in [6.45, 7) is 0. The number of anilines is 6. The average molecular weight is 473 g/mol. The van der Waals surface area contributed by atoms with Crippen LogP contribution < -0.4 is 34.4 Å². The van der Waals surface area contributed by atoms with Crippen LogP contribution in [0.1, 0.15) is 0 Å². The lowest BCUT2D eigenvalue weighted by molar-refractivity contribution is 1.53. The van der Waals surface area contributed by atoms with Crippen molar-refractivity contribution in [2.75, 3.05) is 34.4 Å². The van der Waals surface area contributed by atoms with Crippen LogP contribution in [0.4, 0.5) is 34.1 Å². The van der Waals surface area contributed by atoms with E-state index in [-0.39, 0.29) is 0 Å². The van der Waals surface area contributed by atoms with Crippen LogP contribution in [0.5, 0.6) is 0 Å². The van der Waals surface area contributed by atoms with Crippen LogP contribution in [-0.4, -0.2) is 0 Å². The molecule has 0 aromatic heterocycles. The minimum absolute atomic E-state index is 0.563. The lowest BCUT2D eigenvalue weighted by Gasteiger charge is -2.25. The lowest BCUT2D eigenvalue weighted by atomic mass is 9.81. The molecule has 178 valence electrons. The van der Waals surface area contributed by atoms with Crippen LogP contribution in [0.25, 0.3) is 44.5 Å². The van der Waals surface area contributed by atoms with E-state index < -0.39 is 0 Å². The summed E-state index contributed by atoms with van der Waals surface area (Å²) in [6, 6.07) is 30.6. The number of nitrogens with two attached hydrogens (primary N) is 6. The van der Waals surface area contributed by atoms with Crippen LogP contribution in [0.2, 0.25) is 0 Å². The maximum Gasteiger partial charge on any atom is 0.0501 e. The third-order valence-corrected chi connectivity index (χ3v) is 6.37. The second kappa shape index (κ2) is 8.92. The Morgan fingerprint density at radius 2 is 0.472 bits per heavy atom. The van der Waals surface area contributed by atoms with E-state index in [1.807, 2.05) is 97.1 Å². The Labute approximate surface area is 210 Å². The van der Waals surface area contributed by atoms with Gasteiger partial charge in [0.05, 0.1) is 11.4 Å². The van der Waals surface area contributed by atoms with Crippen LogP contribution in [-0.2, 0) is 0 Å². The number of hydrogen-bond acceptors (Lipinski definition) is 6. The lowest BCUT2D eigenvalue weighted by Crippen LogP contribution is -2.05. The first-order chi connectivity index (χ1) is 17.3. The van der Waals surface area contributed by atoms with Gasteiger partial charge in [-0.2, -0.15) is 0 Å². The Morgan fingerprint density at radius 3 is 0.750 bits per heavy atom. The molecule has 5 aromatic rings. The third-order valence-electron chi connectivity index (χ3n) is 6.37. The summed E-state index contributed by atoms with van der Waals surface area (Å²) < 4.78 is 0. The monoisotopic (exact) mass is 472 g/mol. The Bertz CT molecular complexity index is 1460. The average Bonchev–Trinajstić information content (AvgIpc) is 2.87. The molecule has 0 aliphatic carbocycles. The van der Waals surface area contributed by atoms with Crippen molar-refractivity contribution in [3.05, 3.63) is 97.1 Å². The number of benzene rings is 5. The largest absolute Gasteiger partial charge is 0.399 e. The summed E-state index contributed by atoms with van der Waals surface area (Å²) in [5.74, 6) is 0. The molecule has 0 bridgehead atoms. The second-order valence-corrected chi connectivity index (χ2v) is 8.82. The first-order valence-electron chi connectivity index (χ1n) is 11.5. The van der Waals surface area contributed by atoms with E-state index in [0.717, 1.165) is 44.5 Å². The van der Waals surface area contributed by atoms with Gasteiger partial charge in [0.25, 0.3) is 0 Å². The minimum atomic E-state index is 0.563. The van der Waals surface area contributed by atoms with Crippen molar-refractivity contribution >= 4 is 34.1 Å². The molecule has 0 saturated heterocycles. The van der Waals surface area contributed by atoms with E-state index in [2.05, 4.69) is 0 Å². The van der Waals surface area contributed by atoms with Gasteiger partial charge in [0.1, 0.15) is 0 Å². The second-order valence-electron chi connectivity index (χ2n) is 8.82. The Kier molecular flexibility index (Phi) is 5.62. The van der Waals surface area contributed by atoms with Gasteiger partial charge in [0, 0.05) is 45.0 Å². The third kappa shape index (κ3) is 4.01. The molecule has 6 nitrogen and oxygen atoms in total. The van der Waals surface area contributed by atoms with E-state index in [0.29, 0.717) is 34.1 Å². The summed E-state index contributed by atoms with van der Waals surface area (Å²) in [4.78, 5) is 0. The highest BCUT2D eigenvalue weighted by Gasteiger charge is 2.25. The maximum absolute atomic E-state index is 6.98. The quantitative estimate of drug-likeness (QED) is 0.180. The molecule has 5 rings (SSSR count). The summed E-state index contributed by atoms with van der Waals surface area (Å²) in [5.41, 5.74) is 48.8. The topological polar surface area (TPSA) is 156 Å². The predicted octanol–water partition coefficient (Wildman–Crippen LogP) is 5.85. The molecule has 0 aliphatic heterocycles. The van der Waals surface area contributed by atoms with Gasteiger partial charge in [0.15, 0.2) is 0 Å². The van der Waals surface area contributed by atoms with Crippen molar-refractivity contribution in [1.82, 2.24) is 0 Å². The molecule has 0 amide bonds. The summed E-state index contributed by atoms with van der Waals surface area (Å²) >= 11 is 0. The molecule has 0 fully saturated rings.